The van der Waals surface area contributed by atoms with Gasteiger partial charge in [-0.2, -0.15) is 0 Å². The average molecular weight is 346 g/mol. The number of hydrogen-bond donors (Lipinski definition) is 1. The van der Waals surface area contributed by atoms with Crippen LogP contribution >= 0.6 is 11.6 Å². The molecule has 0 amide bonds. The first-order valence-corrected chi connectivity index (χ1v) is 7.89. The lowest BCUT2D eigenvalue weighted by Crippen LogP contribution is -2.24. The Kier molecular flexibility index (Phi) is 4.87. The topological polar surface area (TPSA) is 55.6 Å². The van der Waals surface area contributed by atoms with Gasteiger partial charge in [-0.05, 0) is 46.2 Å². The molecule has 2 aromatic carbocycles. The van der Waals surface area contributed by atoms with Gasteiger partial charge in [0, 0.05) is 12.1 Å². The summed E-state index contributed by atoms with van der Waals surface area (Å²) in [6.07, 6.45) is 0. The fourth-order valence-electron chi connectivity index (χ4n) is 2.56. The maximum atomic E-state index is 13.6. The molecule has 0 fully saturated rings. The van der Waals surface area contributed by atoms with Crippen molar-refractivity contribution in [2.24, 2.45) is 7.05 Å². The van der Waals surface area contributed by atoms with Crippen molar-refractivity contribution in [1.29, 1.82) is 0 Å². The van der Waals surface area contributed by atoms with E-state index in [1.165, 1.54) is 6.07 Å². The third-order valence-corrected chi connectivity index (χ3v) is 4.25. The molecule has 24 heavy (non-hydrogen) atoms. The van der Waals surface area contributed by atoms with Gasteiger partial charge in [0.25, 0.3) is 0 Å². The molecule has 124 valence electrons. The van der Waals surface area contributed by atoms with Crippen LogP contribution in [0, 0.1) is 12.7 Å². The summed E-state index contributed by atoms with van der Waals surface area (Å²) in [6.45, 7) is 2.20. The predicted octanol–water partition coefficient (Wildman–Crippen LogP) is 3.19. The molecule has 0 saturated carbocycles. The first-order chi connectivity index (χ1) is 11.6. The summed E-state index contributed by atoms with van der Waals surface area (Å²) in [6, 6.07) is 12.5. The molecule has 0 aliphatic rings. The zero-order valence-electron chi connectivity index (χ0n) is 13.4. The normalized spacial score (nSPS) is 12.3. The molecule has 1 heterocycles. The quantitative estimate of drug-likeness (QED) is 0.771. The summed E-state index contributed by atoms with van der Waals surface area (Å²) < 4.78 is 15.2. The summed E-state index contributed by atoms with van der Waals surface area (Å²) in [4.78, 5) is 0. The van der Waals surface area contributed by atoms with E-state index in [0.717, 1.165) is 11.1 Å². The molecule has 5 nitrogen and oxygen atoms in total. The molecule has 3 rings (SSSR count). The number of halogens is 2. The molecule has 0 saturated heterocycles. The number of hydrogen-bond acceptors (Lipinski definition) is 4. The van der Waals surface area contributed by atoms with Crippen LogP contribution in [0.5, 0.6) is 0 Å². The largest absolute Gasteiger partial charge is 0.299 e. The van der Waals surface area contributed by atoms with Gasteiger partial charge in [-0.25, -0.2) is 9.07 Å². The van der Waals surface area contributed by atoms with Crippen molar-refractivity contribution in [1.82, 2.24) is 25.5 Å². The molecular weight excluding hydrogens is 329 g/mol. The molecule has 1 aromatic heterocycles. The van der Waals surface area contributed by atoms with Crippen molar-refractivity contribution in [2.75, 3.05) is 0 Å². The van der Waals surface area contributed by atoms with E-state index in [4.69, 9.17) is 11.6 Å². The summed E-state index contributed by atoms with van der Waals surface area (Å²) in [5.41, 5.74) is 2.43. The second-order valence-electron chi connectivity index (χ2n) is 5.56. The summed E-state index contributed by atoms with van der Waals surface area (Å²) >= 11 is 6.37. The van der Waals surface area contributed by atoms with Crippen LogP contribution in [0.1, 0.15) is 28.6 Å². The molecule has 0 aliphatic carbocycles. The lowest BCUT2D eigenvalue weighted by molar-refractivity contribution is 0.559. The molecule has 7 heteroatoms. The Hall–Kier alpha value is -2.31. The number of benzene rings is 2. The van der Waals surface area contributed by atoms with Crippen LogP contribution < -0.4 is 5.32 Å². The molecule has 1 N–H and O–H groups in total. The van der Waals surface area contributed by atoms with Crippen LogP contribution in [0.15, 0.2) is 42.5 Å². The second-order valence-corrected chi connectivity index (χ2v) is 5.97. The van der Waals surface area contributed by atoms with Crippen molar-refractivity contribution in [3.8, 4) is 0 Å². The average Bonchev–Trinajstić information content (AvgIpc) is 2.97. The van der Waals surface area contributed by atoms with E-state index in [0.29, 0.717) is 23.0 Å². The fourth-order valence-corrected chi connectivity index (χ4v) is 2.80. The number of tetrazole rings is 1. The van der Waals surface area contributed by atoms with Gasteiger partial charge in [0.1, 0.15) is 5.82 Å². The van der Waals surface area contributed by atoms with E-state index < -0.39 is 0 Å². The van der Waals surface area contributed by atoms with Crippen molar-refractivity contribution in [2.45, 2.75) is 19.5 Å². The summed E-state index contributed by atoms with van der Waals surface area (Å²) in [5, 5.41) is 15.5. The highest BCUT2D eigenvalue weighted by Gasteiger charge is 2.18. The molecule has 0 radical (unpaired) electrons. The molecule has 3 aromatic rings. The van der Waals surface area contributed by atoms with Gasteiger partial charge in [0.2, 0.25) is 0 Å². The number of aromatic nitrogens is 4. The Morgan fingerprint density at radius 3 is 2.71 bits per heavy atom. The van der Waals surface area contributed by atoms with E-state index in [1.807, 2.05) is 30.3 Å². The standard InChI is InChI=1S/C17H17ClFN5/c1-11-9-12(7-8-15(11)19)17(13-5-3-4-6-14(13)18)20-10-16-21-22-23-24(16)2/h3-9,17,20H,10H2,1-2H3/t17-/m0/s1. The lowest BCUT2D eigenvalue weighted by Gasteiger charge is -2.21. The Balaban J connectivity index is 1.95. The maximum absolute atomic E-state index is 13.6. The van der Waals surface area contributed by atoms with Gasteiger partial charge >= 0.3 is 0 Å². The zero-order chi connectivity index (χ0) is 17.1. The highest BCUT2D eigenvalue weighted by molar-refractivity contribution is 6.31. The molecule has 0 aliphatic heterocycles. The van der Waals surface area contributed by atoms with Crippen LogP contribution in [-0.4, -0.2) is 20.2 Å². The van der Waals surface area contributed by atoms with Crippen molar-refractivity contribution in [3.05, 3.63) is 75.8 Å². The number of nitrogens with one attached hydrogen (secondary N) is 1. The van der Waals surface area contributed by atoms with Crippen molar-refractivity contribution >= 4 is 11.6 Å². The second kappa shape index (κ2) is 7.07. The molecule has 1 atom stereocenters. The predicted molar refractivity (Wildman–Crippen MR) is 90.1 cm³/mol. The number of aryl methyl sites for hydroxylation is 2. The third-order valence-electron chi connectivity index (χ3n) is 3.90. The summed E-state index contributed by atoms with van der Waals surface area (Å²) in [5.74, 6) is 0.472. The van der Waals surface area contributed by atoms with E-state index in [2.05, 4.69) is 20.8 Å². The minimum atomic E-state index is -0.228. The zero-order valence-corrected chi connectivity index (χ0v) is 14.1. The van der Waals surface area contributed by atoms with Crippen molar-refractivity contribution < 1.29 is 4.39 Å². The van der Waals surface area contributed by atoms with Gasteiger partial charge in [0.15, 0.2) is 5.82 Å². The van der Waals surface area contributed by atoms with Crippen LogP contribution in [-0.2, 0) is 13.6 Å². The van der Waals surface area contributed by atoms with E-state index >= 15 is 0 Å². The first-order valence-electron chi connectivity index (χ1n) is 7.51. The Morgan fingerprint density at radius 1 is 1.25 bits per heavy atom. The minimum Gasteiger partial charge on any atom is -0.299 e. The van der Waals surface area contributed by atoms with Gasteiger partial charge in [-0.1, -0.05) is 41.9 Å². The fraction of sp³-hybridized carbons (Fsp3) is 0.235. The molecule has 0 unspecified atom stereocenters. The van der Waals surface area contributed by atoms with Crippen LogP contribution in [0.4, 0.5) is 4.39 Å². The van der Waals surface area contributed by atoms with Crippen molar-refractivity contribution in [3.63, 3.8) is 0 Å². The smallest absolute Gasteiger partial charge is 0.164 e. The van der Waals surface area contributed by atoms with E-state index in [1.54, 1.807) is 24.7 Å². The minimum absolute atomic E-state index is 0.199. The Morgan fingerprint density at radius 2 is 2.04 bits per heavy atom. The van der Waals surface area contributed by atoms with Crippen LogP contribution in [0.3, 0.4) is 0 Å². The molecule has 0 bridgehead atoms. The van der Waals surface area contributed by atoms with E-state index in [9.17, 15) is 4.39 Å². The molecular formula is C17H17ClFN5. The van der Waals surface area contributed by atoms with Crippen LogP contribution in [0.2, 0.25) is 5.02 Å². The van der Waals surface area contributed by atoms with Gasteiger partial charge < -0.3 is 0 Å². The SMILES string of the molecule is Cc1cc([C@H](NCc2nnnn2C)c2ccccc2Cl)ccc1F. The number of nitrogens with zero attached hydrogens (tertiary/aromatic N) is 4. The van der Waals surface area contributed by atoms with Gasteiger partial charge in [-0.3, -0.25) is 5.32 Å². The monoisotopic (exact) mass is 345 g/mol. The van der Waals surface area contributed by atoms with Gasteiger partial charge in [0.05, 0.1) is 12.6 Å². The Labute approximate surface area is 144 Å². The maximum Gasteiger partial charge on any atom is 0.164 e. The highest BCUT2D eigenvalue weighted by Crippen LogP contribution is 2.29. The van der Waals surface area contributed by atoms with Crippen LogP contribution in [0.25, 0.3) is 0 Å². The van der Waals surface area contributed by atoms with E-state index in [-0.39, 0.29) is 11.9 Å². The van der Waals surface area contributed by atoms with Gasteiger partial charge in [-0.15, -0.1) is 5.10 Å². The Bertz CT molecular complexity index is 849. The highest BCUT2D eigenvalue weighted by atomic mass is 35.5. The summed E-state index contributed by atoms with van der Waals surface area (Å²) in [7, 11) is 1.78. The third kappa shape index (κ3) is 3.44. The first kappa shape index (κ1) is 16.5. The lowest BCUT2D eigenvalue weighted by atomic mass is 9.97. The molecule has 0 spiro atoms. The number of rotatable bonds is 5.